The van der Waals surface area contributed by atoms with E-state index in [0.717, 1.165) is 0 Å². The Balaban J connectivity index is 4.86. The first-order chi connectivity index (χ1) is 8.17. The van der Waals surface area contributed by atoms with Gasteiger partial charge in [-0.15, -0.1) is 0 Å². The minimum absolute atomic E-state index is 0.0903. The van der Waals surface area contributed by atoms with Crippen LogP contribution in [0.4, 0.5) is 4.79 Å². The van der Waals surface area contributed by atoms with Crippen molar-refractivity contribution in [2.75, 3.05) is 20.2 Å². The van der Waals surface area contributed by atoms with Gasteiger partial charge in [-0.2, -0.15) is 0 Å². The standard InChI is InChI=1S/C12H24N2O4/c1-6-14(9(2)7-10(16)17)11(18)13(5)12(3,4)8-15/h9,15H,6-8H2,1-5H3,(H,16,17). The van der Waals surface area contributed by atoms with E-state index in [2.05, 4.69) is 0 Å². The van der Waals surface area contributed by atoms with E-state index in [1.807, 2.05) is 0 Å². The Hall–Kier alpha value is -1.30. The fourth-order valence-corrected chi connectivity index (χ4v) is 1.56. The van der Waals surface area contributed by atoms with Crippen LogP contribution in [0.1, 0.15) is 34.1 Å². The van der Waals surface area contributed by atoms with E-state index >= 15 is 0 Å². The minimum Gasteiger partial charge on any atom is -0.481 e. The summed E-state index contributed by atoms with van der Waals surface area (Å²) >= 11 is 0. The highest BCUT2D eigenvalue weighted by molar-refractivity contribution is 5.76. The zero-order valence-electron chi connectivity index (χ0n) is 11.8. The molecule has 0 saturated carbocycles. The molecule has 2 amide bonds. The van der Waals surface area contributed by atoms with Crippen LogP contribution in [0.15, 0.2) is 0 Å². The van der Waals surface area contributed by atoms with Crippen molar-refractivity contribution in [1.29, 1.82) is 0 Å². The van der Waals surface area contributed by atoms with Crippen LogP contribution in [-0.4, -0.2) is 63.8 Å². The third-order valence-corrected chi connectivity index (χ3v) is 3.17. The number of likely N-dealkylation sites (N-methyl/N-ethyl adjacent to an activating group) is 1. The van der Waals surface area contributed by atoms with Gasteiger partial charge >= 0.3 is 12.0 Å². The molecule has 0 aromatic carbocycles. The van der Waals surface area contributed by atoms with Gasteiger partial charge in [-0.3, -0.25) is 4.79 Å². The zero-order valence-corrected chi connectivity index (χ0v) is 11.8. The fourth-order valence-electron chi connectivity index (χ4n) is 1.56. The van der Waals surface area contributed by atoms with Crippen molar-refractivity contribution in [3.05, 3.63) is 0 Å². The molecule has 0 spiro atoms. The van der Waals surface area contributed by atoms with Crippen LogP contribution in [-0.2, 0) is 4.79 Å². The largest absolute Gasteiger partial charge is 0.481 e. The molecule has 0 heterocycles. The van der Waals surface area contributed by atoms with E-state index in [-0.39, 0.29) is 25.1 Å². The number of aliphatic carboxylic acids is 1. The van der Waals surface area contributed by atoms with Crippen LogP contribution in [0.2, 0.25) is 0 Å². The number of hydrogen-bond acceptors (Lipinski definition) is 3. The lowest BCUT2D eigenvalue weighted by atomic mass is 10.1. The number of hydrogen-bond donors (Lipinski definition) is 2. The van der Waals surface area contributed by atoms with Crippen molar-refractivity contribution in [2.45, 2.75) is 45.7 Å². The predicted octanol–water partition coefficient (Wildman–Crippen LogP) is 0.994. The van der Waals surface area contributed by atoms with Crippen LogP contribution in [0.3, 0.4) is 0 Å². The molecule has 1 unspecified atom stereocenters. The maximum absolute atomic E-state index is 12.3. The molecule has 0 aliphatic heterocycles. The maximum Gasteiger partial charge on any atom is 0.320 e. The van der Waals surface area contributed by atoms with Crippen LogP contribution >= 0.6 is 0 Å². The summed E-state index contributed by atoms with van der Waals surface area (Å²) in [5.74, 6) is -0.933. The second-order valence-corrected chi connectivity index (χ2v) is 5.05. The van der Waals surface area contributed by atoms with Crippen LogP contribution in [0.25, 0.3) is 0 Å². The number of carbonyl (C=O) groups is 2. The first-order valence-electron chi connectivity index (χ1n) is 6.04. The number of carboxylic acids is 1. The van der Waals surface area contributed by atoms with Crippen LogP contribution in [0.5, 0.6) is 0 Å². The Labute approximate surface area is 108 Å². The van der Waals surface area contributed by atoms with E-state index in [9.17, 15) is 14.7 Å². The van der Waals surface area contributed by atoms with E-state index in [1.165, 1.54) is 9.80 Å². The van der Waals surface area contributed by atoms with Crippen molar-refractivity contribution in [3.8, 4) is 0 Å². The number of carbonyl (C=O) groups excluding carboxylic acids is 1. The van der Waals surface area contributed by atoms with E-state index in [0.29, 0.717) is 6.54 Å². The summed E-state index contributed by atoms with van der Waals surface area (Å²) in [4.78, 5) is 25.9. The van der Waals surface area contributed by atoms with Crippen molar-refractivity contribution in [1.82, 2.24) is 9.80 Å². The zero-order chi connectivity index (χ0) is 14.5. The maximum atomic E-state index is 12.3. The molecule has 0 aromatic rings. The first kappa shape index (κ1) is 16.7. The van der Waals surface area contributed by atoms with Crippen molar-refractivity contribution < 1.29 is 19.8 Å². The lowest BCUT2D eigenvalue weighted by Crippen LogP contribution is -2.55. The van der Waals surface area contributed by atoms with Gasteiger partial charge in [0.15, 0.2) is 0 Å². The number of amides is 2. The third kappa shape index (κ3) is 4.18. The summed E-state index contributed by atoms with van der Waals surface area (Å²) in [5, 5.41) is 18.0. The Kier molecular flexibility index (Phi) is 6.11. The molecule has 6 heteroatoms. The Morgan fingerprint density at radius 1 is 1.33 bits per heavy atom. The van der Waals surface area contributed by atoms with E-state index < -0.39 is 11.5 Å². The fraction of sp³-hybridized carbons (Fsp3) is 0.833. The van der Waals surface area contributed by atoms with Gasteiger partial charge in [-0.05, 0) is 27.7 Å². The predicted molar refractivity (Wildman–Crippen MR) is 68.4 cm³/mol. The molecule has 6 nitrogen and oxygen atoms in total. The summed E-state index contributed by atoms with van der Waals surface area (Å²) in [5.41, 5.74) is -0.673. The van der Waals surface area contributed by atoms with Gasteiger partial charge in [-0.25, -0.2) is 4.79 Å². The number of rotatable bonds is 6. The molecule has 1 atom stereocenters. The summed E-state index contributed by atoms with van der Waals surface area (Å²) in [6.45, 7) is 7.28. The minimum atomic E-state index is -0.933. The summed E-state index contributed by atoms with van der Waals surface area (Å²) in [6.07, 6.45) is -0.0903. The molecule has 2 N–H and O–H groups in total. The Bertz CT molecular complexity index is 304. The van der Waals surface area contributed by atoms with Crippen molar-refractivity contribution in [2.24, 2.45) is 0 Å². The average Bonchev–Trinajstić information content (AvgIpc) is 2.27. The highest BCUT2D eigenvalue weighted by Gasteiger charge is 2.31. The molecule has 0 radical (unpaired) electrons. The number of aliphatic hydroxyl groups excluding tert-OH is 1. The second-order valence-electron chi connectivity index (χ2n) is 5.05. The molecule has 106 valence electrons. The van der Waals surface area contributed by atoms with Gasteiger partial charge in [0.2, 0.25) is 0 Å². The summed E-state index contributed by atoms with van der Waals surface area (Å²) in [6, 6.07) is -0.651. The van der Waals surface area contributed by atoms with Crippen molar-refractivity contribution in [3.63, 3.8) is 0 Å². The third-order valence-electron chi connectivity index (χ3n) is 3.17. The highest BCUT2D eigenvalue weighted by Crippen LogP contribution is 2.16. The Morgan fingerprint density at radius 3 is 2.17 bits per heavy atom. The lowest BCUT2D eigenvalue weighted by Gasteiger charge is -2.39. The number of carboxylic acid groups (broad SMARTS) is 1. The molecule has 0 fully saturated rings. The Morgan fingerprint density at radius 2 is 1.83 bits per heavy atom. The molecule has 0 saturated heterocycles. The van der Waals surface area contributed by atoms with Crippen LogP contribution in [0, 0.1) is 0 Å². The van der Waals surface area contributed by atoms with Gasteiger partial charge in [-0.1, -0.05) is 0 Å². The monoisotopic (exact) mass is 260 g/mol. The molecule has 0 rings (SSSR count). The molecular weight excluding hydrogens is 236 g/mol. The highest BCUT2D eigenvalue weighted by atomic mass is 16.4. The molecule has 0 aliphatic rings. The SMILES string of the molecule is CCN(C(=O)N(C)C(C)(C)CO)C(C)CC(=O)O. The van der Waals surface area contributed by atoms with Gasteiger partial charge in [0.1, 0.15) is 0 Å². The summed E-state index contributed by atoms with van der Waals surface area (Å²) < 4.78 is 0. The van der Waals surface area contributed by atoms with Crippen molar-refractivity contribution >= 4 is 12.0 Å². The lowest BCUT2D eigenvalue weighted by molar-refractivity contribution is -0.138. The smallest absolute Gasteiger partial charge is 0.320 e. The van der Waals surface area contributed by atoms with Gasteiger partial charge in [0.25, 0.3) is 0 Å². The number of nitrogens with zero attached hydrogens (tertiary/aromatic N) is 2. The first-order valence-corrected chi connectivity index (χ1v) is 6.04. The van der Waals surface area contributed by atoms with Gasteiger partial charge in [0, 0.05) is 19.6 Å². The topological polar surface area (TPSA) is 81.1 Å². The van der Waals surface area contributed by atoms with E-state index in [4.69, 9.17) is 5.11 Å². The molecule has 0 aromatic heterocycles. The van der Waals surface area contributed by atoms with Gasteiger partial charge in [0.05, 0.1) is 18.6 Å². The van der Waals surface area contributed by atoms with Gasteiger partial charge < -0.3 is 20.0 Å². The molecule has 18 heavy (non-hydrogen) atoms. The molecule has 0 aliphatic carbocycles. The normalized spacial score (nSPS) is 13.0. The quantitative estimate of drug-likeness (QED) is 0.746. The number of urea groups is 1. The molecule has 0 bridgehead atoms. The van der Waals surface area contributed by atoms with Crippen LogP contribution < -0.4 is 0 Å². The average molecular weight is 260 g/mol. The second kappa shape index (κ2) is 6.58. The number of aliphatic hydroxyl groups is 1. The van der Waals surface area contributed by atoms with E-state index in [1.54, 1.807) is 34.7 Å². The summed E-state index contributed by atoms with van der Waals surface area (Å²) in [7, 11) is 1.61. The molecular formula is C12H24N2O4.